The van der Waals surface area contributed by atoms with Gasteiger partial charge in [-0.15, -0.1) is 0 Å². The summed E-state index contributed by atoms with van der Waals surface area (Å²) < 4.78 is 0. The van der Waals surface area contributed by atoms with E-state index in [4.69, 9.17) is 0 Å². The van der Waals surface area contributed by atoms with Crippen LogP contribution in [0, 0.1) is 5.92 Å². The lowest BCUT2D eigenvalue weighted by molar-refractivity contribution is -0.122. The molecule has 1 atom stereocenters. The van der Waals surface area contributed by atoms with Crippen molar-refractivity contribution in [1.29, 1.82) is 0 Å². The van der Waals surface area contributed by atoms with Crippen LogP contribution >= 0.6 is 0 Å². The van der Waals surface area contributed by atoms with E-state index in [1.807, 2.05) is 12.1 Å². The lowest BCUT2D eigenvalue weighted by Gasteiger charge is -2.22. The number of carbonyl (C=O) groups excluding carboxylic acids is 1. The van der Waals surface area contributed by atoms with Crippen molar-refractivity contribution in [3.8, 4) is 5.75 Å². The molecular weight excluding hydrogens is 240 g/mol. The summed E-state index contributed by atoms with van der Waals surface area (Å²) in [5, 5.41) is 15.5. The maximum atomic E-state index is 11.8. The fourth-order valence-corrected chi connectivity index (χ4v) is 2.44. The molecule has 0 aromatic heterocycles. The summed E-state index contributed by atoms with van der Waals surface area (Å²) in [7, 11) is 0. The molecule has 1 saturated heterocycles. The predicted octanol–water partition coefficient (Wildman–Crippen LogP) is 1.44. The van der Waals surface area contributed by atoms with E-state index in [9.17, 15) is 9.90 Å². The van der Waals surface area contributed by atoms with Crippen molar-refractivity contribution in [2.45, 2.75) is 25.7 Å². The maximum absolute atomic E-state index is 11.8. The van der Waals surface area contributed by atoms with Crippen molar-refractivity contribution in [3.63, 3.8) is 0 Å². The molecule has 2 rings (SSSR count). The Morgan fingerprint density at radius 1 is 1.37 bits per heavy atom. The first-order valence-corrected chi connectivity index (χ1v) is 6.99. The molecule has 4 nitrogen and oxygen atoms in total. The summed E-state index contributed by atoms with van der Waals surface area (Å²) in [6.45, 7) is 2.70. The lowest BCUT2D eigenvalue weighted by Crippen LogP contribution is -2.34. The largest absolute Gasteiger partial charge is 0.508 e. The summed E-state index contributed by atoms with van der Waals surface area (Å²) in [5.41, 5.74) is 1.12. The molecule has 1 fully saturated rings. The number of rotatable bonds is 5. The van der Waals surface area contributed by atoms with Crippen molar-refractivity contribution < 1.29 is 9.90 Å². The van der Waals surface area contributed by atoms with E-state index in [1.165, 1.54) is 6.42 Å². The van der Waals surface area contributed by atoms with Gasteiger partial charge in [0.15, 0.2) is 0 Å². The van der Waals surface area contributed by atoms with Crippen LogP contribution in [0.25, 0.3) is 0 Å². The monoisotopic (exact) mass is 262 g/mol. The van der Waals surface area contributed by atoms with E-state index in [0.29, 0.717) is 18.9 Å². The van der Waals surface area contributed by atoms with Crippen LogP contribution in [0.5, 0.6) is 5.75 Å². The molecule has 1 aromatic carbocycles. The van der Waals surface area contributed by atoms with Gasteiger partial charge in [-0.05, 0) is 56.0 Å². The van der Waals surface area contributed by atoms with Gasteiger partial charge in [-0.1, -0.05) is 12.1 Å². The third-order valence-corrected chi connectivity index (χ3v) is 3.55. The molecule has 1 amide bonds. The van der Waals surface area contributed by atoms with Crippen molar-refractivity contribution in [2.24, 2.45) is 5.92 Å². The van der Waals surface area contributed by atoms with Gasteiger partial charge < -0.3 is 15.7 Å². The molecule has 0 bridgehead atoms. The van der Waals surface area contributed by atoms with Crippen LogP contribution in [0.1, 0.15) is 24.8 Å². The van der Waals surface area contributed by atoms with Gasteiger partial charge in [0, 0.05) is 13.0 Å². The van der Waals surface area contributed by atoms with Crippen LogP contribution < -0.4 is 10.6 Å². The smallest absolute Gasteiger partial charge is 0.220 e. The van der Waals surface area contributed by atoms with Gasteiger partial charge in [0.2, 0.25) is 5.91 Å². The summed E-state index contributed by atoms with van der Waals surface area (Å²) in [5.74, 6) is 0.910. The van der Waals surface area contributed by atoms with Crippen molar-refractivity contribution in [3.05, 3.63) is 29.8 Å². The van der Waals surface area contributed by atoms with E-state index >= 15 is 0 Å². The zero-order valence-corrected chi connectivity index (χ0v) is 11.2. The van der Waals surface area contributed by atoms with Crippen molar-refractivity contribution >= 4 is 5.91 Å². The van der Waals surface area contributed by atoms with Gasteiger partial charge in [-0.25, -0.2) is 0 Å². The molecule has 0 saturated carbocycles. The zero-order valence-electron chi connectivity index (χ0n) is 11.2. The molecule has 1 aliphatic rings. The van der Waals surface area contributed by atoms with Gasteiger partial charge in [-0.2, -0.15) is 0 Å². The Bertz CT molecular complexity index is 397. The van der Waals surface area contributed by atoms with Crippen LogP contribution in [0.15, 0.2) is 24.3 Å². The SMILES string of the molecule is O=C(CC1CCCNC1)NCCc1ccc(O)cc1. The van der Waals surface area contributed by atoms with E-state index in [0.717, 1.165) is 31.5 Å². The number of amides is 1. The number of benzene rings is 1. The molecular formula is C15H22N2O2. The Morgan fingerprint density at radius 3 is 2.84 bits per heavy atom. The molecule has 0 radical (unpaired) electrons. The number of hydrogen-bond donors (Lipinski definition) is 3. The van der Waals surface area contributed by atoms with Gasteiger partial charge in [-0.3, -0.25) is 4.79 Å². The van der Waals surface area contributed by atoms with Crippen LogP contribution in [0.2, 0.25) is 0 Å². The Labute approximate surface area is 114 Å². The number of piperidine rings is 1. The Morgan fingerprint density at radius 2 is 2.16 bits per heavy atom. The number of carbonyl (C=O) groups is 1. The van der Waals surface area contributed by atoms with Gasteiger partial charge in [0.25, 0.3) is 0 Å². The van der Waals surface area contributed by atoms with Gasteiger partial charge >= 0.3 is 0 Å². The second kappa shape index (κ2) is 7.14. The van der Waals surface area contributed by atoms with Crippen LogP contribution in [0.4, 0.5) is 0 Å². The predicted molar refractivity (Wildman–Crippen MR) is 75.0 cm³/mol. The number of aromatic hydroxyl groups is 1. The highest BCUT2D eigenvalue weighted by molar-refractivity contribution is 5.76. The number of nitrogens with one attached hydrogen (secondary N) is 2. The molecule has 1 aliphatic heterocycles. The molecule has 1 heterocycles. The highest BCUT2D eigenvalue weighted by Gasteiger charge is 2.16. The molecule has 0 aliphatic carbocycles. The standard InChI is InChI=1S/C15H22N2O2/c18-14-5-3-12(4-6-14)7-9-17-15(19)10-13-2-1-8-16-11-13/h3-6,13,16,18H,1-2,7-11H2,(H,17,19). The number of phenolic OH excluding ortho intramolecular Hbond substituents is 1. The minimum atomic E-state index is 0.146. The minimum absolute atomic E-state index is 0.146. The van der Waals surface area contributed by atoms with Gasteiger partial charge in [0.05, 0.1) is 0 Å². The van der Waals surface area contributed by atoms with E-state index in [2.05, 4.69) is 10.6 Å². The second-order valence-electron chi connectivity index (χ2n) is 5.18. The first-order valence-electron chi connectivity index (χ1n) is 6.99. The Kier molecular flexibility index (Phi) is 5.21. The zero-order chi connectivity index (χ0) is 13.5. The first-order chi connectivity index (χ1) is 9.24. The summed E-state index contributed by atoms with van der Waals surface area (Å²) in [6, 6.07) is 7.11. The average molecular weight is 262 g/mol. The number of hydrogen-bond acceptors (Lipinski definition) is 3. The quantitative estimate of drug-likeness (QED) is 0.752. The van der Waals surface area contributed by atoms with E-state index in [-0.39, 0.29) is 11.7 Å². The van der Waals surface area contributed by atoms with Crippen LogP contribution in [0.3, 0.4) is 0 Å². The summed E-state index contributed by atoms with van der Waals surface area (Å²) >= 11 is 0. The van der Waals surface area contributed by atoms with Crippen LogP contribution in [-0.2, 0) is 11.2 Å². The second-order valence-corrected chi connectivity index (χ2v) is 5.18. The lowest BCUT2D eigenvalue weighted by atomic mass is 9.96. The fourth-order valence-electron chi connectivity index (χ4n) is 2.44. The first kappa shape index (κ1) is 13.9. The molecule has 0 spiro atoms. The Hall–Kier alpha value is -1.55. The average Bonchev–Trinajstić information content (AvgIpc) is 2.42. The highest BCUT2D eigenvalue weighted by atomic mass is 16.3. The van der Waals surface area contributed by atoms with Crippen LogP contribution in [-0.4, -0.2) is 30.6 Å². The number of phenols is 1. The highest BCUT2D eigenvalue weighted by Crippen LogP contribution is 2.13. The molecule has 4 heteroatoms. The molecule has 3 N–H and O–H groups in total. The minimum Gasteiger partial charge on any atom is -0.508 e. The van der Waals surface area contributed by atoms with Crippen molar-refractivity contribution in [1.82, 2.24) is 10.6 Å². The van der Waals surface area contributed by atoms with Gasteiger partial charge in [0.1, 0.15) is 5.75 Å². The normalized spacial score (nSPS) is 19.1. The summed E-state index contributed by atoms with van der Waals surface area (Å²) in [6.07, 6.45) is 3.75. The molecule has 1 unspecified atom stereocenters. The van der Waals surface area contributed by atoms with Crippen molar-refractivity contribution in [2.75, 3.05) is 19.6 Å². The summed E-state index contributed by atoms with van der Waals surface area (Å²) in [4.78, 5) is 11.8. The van der Waals surface area contributed by atoms with E-state index in [1.54, 1.807) is 12.1 Å². The fraction of sp³-hybridized carbons (Fsp3) is 0.533. The third kappa shape index (κ3) is 4.91. The van der Waals surface area contributed by atoms with E-state index < -0.39 is 0 Å². The topological polar surface area (TPSA) is 61.4 Å². The molecule has 1 aromatic rings. The maximum Gasteiger partial charge on any atom is 0.220 e. The molecule has 19 heavy (non-hydrogen) atoms. The molecule has 104 valence electrons. The third-order valence-electron chi connectivity index (χ3n) is 3.55. The Balaban J connectivity index is 1.64.